The summed E-state index contributed by atoms with van der Waals surface area (Å²) >= 11 is 0. The first-order valence-electron chi connectivity index (χ1n) is 6.60. The van der Waals surface area contributed by atoms with Crippen molar-refractivity contribution in [3.63, 3.8) is 0 Å². The van der Waals surface area contributed by atoms with Gasteiger partial charge in [-0.15, -0.1) is 6.58 Å². The lowest BCUT2D eigenvalue weighted by molar-refractivity contribution is 0.0584. The number of hydrogen-bond acceptors (Lipinski definition) is 3. The molecule has 1 aromatic carbocycles. The fourth-order valence-corrected chi connectivity index (χ4v) is 2.15. The van der Waals surface area contributed by atoms with Crippen molar-refractivity contribution in [2.75, 3.05) is 11.4 Å². The molecule has 0 heterocycles. The van der Waals surface area contributed by atoms with E-state index in [1.165, 1.54) is 4.90 Å². The molecule has 1 amide bonds. The second-order valence-corrected chi connectivity index (χ2v) is 5.79. The van der Waals surface area contributed by atoms with E-state index in [1.54, 1.807) is 12.1 Å². The summed E-state index contributed by atoms with van der Waals surface area (Å²) in [7, 11) is 0. The molecule has 1 aliphatic rings. The van der Waals surface area contributed by atoms with Gasteiger partial charge in [0.1, 0.15) is 5.60 Å². The van der Waals surface area contributed by atoms with Crippen molar-refractivity contribution in [2.24, 2.45) is 0 Å². The van der Waals surface area contributed by atoms with Crippen LogP contribution in [0.3, 0.4) is 0 Å². The number of benzene rings is 1. The summed E-state index contributed by atoms with van der Waals surface area (Å²) in [5, 5.41) is 0. The Morgan fingerprint density at radius 3 is 2.70 bits per heavy atom. The maximum Gasteiger partial charge on any atom is 0.415 e. The van der Waals surface area contributed by atoms with Crippen LogP contribution in [0.2, 0.25) is 0 Å². The smallest absolute Gasteiger partial charge is 0.415 e. The molecular weight excluding hydrogens is 254 g/mol. The van der Waals surface area contributed by atoms with Crippen LogP contribution in [0.1, 0.15) is 36.7 Å². The van der Waals surface area contributed by atoms with Crippen molar-refractivity contribution in [1.82, 2.24) is 0 Å². The molecule has 0 bridgehead atoms. The first kappa shape index (κ1) is 14.3. The topological polar surface area (TPSA) is 46.6 Å². The molecule has 0 aliphatic heterocycles. The Balaban J connectivity index is 2.35. The molecule has 0 fully saturated rings. The standard InChI is InChI=1S/C16H19NO3/c1-5-9-17(15(19)20-16(2,3)4)12-8-6-7-11-10-13(18)14(11)12/h5-8H,1,9-10H2,2-4H3. The third kappa shape index (κ3) is 2.74. The SMILES string of the molecule is C=CCN(C(=O)OC(C)(C)C)c1cccc2c1C(=O)C2. The zero-order valence-corrected chi connectivity index (χ0v) is 12.1. The van der Waals surface area contributed by atoms with Gasteiger partial charge in [-0.1, -0.05) is 18.2 Å². The lowest BCUT2D eigenvalue weighted by Crippen LogP contribution is -2.39. The summed E-state index contributed by atoms with van der Waals surface area (Å²) in [6, 6.07) is 5.52. The molecule has 1 aliphatic carbocycles. The van der Waals surface area contributed by atoms with Gasteiger partial charge in [-0.25, -0.2) is 4.79 Å². The maximum absolute atomic E-state index is 12.3. The van der Waals surface area contributed by atoms with E-state index in [1.807, 2.05) is 32.9 Å². The van der Waals surface area contributed by atoms with Gasteiger partial charge in [0.15, 0.2) is 5.78 Å². The highest BCUT2D eigenvalue weighted by Gasteiger charge is 2.31. The van der Waals surface area contributed by atoms with Crippen molar-refractivity contribution in [3.8, 4) is 0 Å². The molecule has 20 heavy (non-hydrogen) atoms. The molecule has 0 unspecified atom stereocenters. The van der Waals surface area contributed by atoms with Crippen molar-refractivity contribution in [1.29, 1.82) is 0 Å². The summed E-state index contributed by atoms with van der Waals surface area (Å²) in [6.45, 7) is 9.40. The van der Waals surface area contributed by atoms with E-state index in [0.717, 1.165) is 5.56 Å². The molecule has 0 N–H and O–H groups in total. The zero-order chi connectivity index (χ0) is 14.9. The summed E-state index contributed by atoms with van der Waals surface area (Å²) in [5.41, 5.74) is 1.63. The van der Waals surface area contributed by atoms with Crippen molar-refractivity contribution >= 4 is 17.6 Å². The van der Waals surface area contributed by atoms with E-state index in [-0.39, 0.29) is 5.78 Å². The molecule has 1 aromatic rings. The van der Waals surface area contributed by atoms with E-state index in [9.17, 15) is 9.59 Å². The average Bonchev–Trinajstić information content (AvgIpc) is 2.31. The number of carbonyl (C=O) groups is 2. The Labute approximate surface area is 119 Å². The van der Waals surface area contributed by atoms with Gasteiger partial charge in [-0.3, -0.25) is 9.69 Å². The minimum absolute atomic E-state index is 0.0632. The van der Waals surface area contributed by atoms with E-state index in [4.69, 9.17) is 4.74 Å². The first-order chi connectivity index (χ1) is 9.33. The quantitative estimate of drug-likeness (QED) is 0.793. The summed E-state index contributed by atoms with van der Waals surface area (Å²) in [4.78, 5) is 25.5. The highest BCUT2D eigenvalue weighted by molar-refractivity contribution is 6.13. The van der Waals surface area contributed by atoms with Crippen LogP contribution in [0.25, 0.3) is 0 Å². The molecule has 0 radical (unpaired) electrons. The van der Waals surface area contributed by atoms with Gasteiger partial charge in [-0.05, 0) is 32.4 Å². The third-order valence-electron chi connectivity index (χ3n) is 2.97. The second-order valence-electron chi connectivity index (χ2n) is 5.79. The monoisotopic (exact) mass is 273 g/mol. The van der Waals surface area contributed by atoms with Crippen LogP contribution in [0, 0.1) is 0 Å². The number of Topliss-reactive ketones (excluding diaryl/α,β-unsaturated/α-hetero) is 1. The Kier molecular flexibility index (Phi) is 3.66. The summed E-state index contributed by atoms with van der Waals surface area (Å²) < 4.78 is 5.39. The predicted octanol–water partition coefficient (Wildman–Crippen LogP) is 3.35. The molecule has 0 atom stereocenters. The van der Waals surface area contributed by atoms with Gasteiger partial charge in [-0.2, -0.15) is 0 Å². The van der Waals surface area contributed by atoms with Crippen LogP contribution < -0.4 is 4.90 Å². The average molecular weight is 273 g/mol. The Hall–Kier alpha value is -2.10. The lowest BCUT2D eigenvalue weighted by Gasteiger charge is -2.30. The molecule has 106 valence electrons. The van der Waals surface area contributed by atoms with Crippen LogP contribution in [-0.2, 0) is 11.2 Å². The summed E-state index contributed by atoms with van der Waals surface area (Å²) in [5.74, 6) is 0.0632. The van der Waals surface area contributed by atoms with Crippen molar-refractivity contribution < 1.29 is 14.3 Å². The Morgan fingerprint density at radius 1 is 1.45 bits per heavy atom. The fourth-order valence-electron chi connectivity index (χ4n) is 2.15. The van der Waals surface area contributed by atoms with Crippen molar-refractivity contribution in [3.05, 3.63) is 42.0 Å². The molecule has 0 saturated carbocycles. The van der Waals surface area contributed by atoms with Gasteiger partial charge in [0, 0.05) is 18.5 Å². The number of carbonyl (C=O) groups excluding carboxylic acids is 2. The predicted molar refractivity (Wildman–Crippen MR) is 78.3 cm³/mol. The van der Waals surface area contributed by atoms with Crippen LogP contribution in [0.5, 0.6) is 0 Å². The fraction of sp³-hybridized carbons (Fsp3) is 0.375. The minimum Gasteiger partial charge on any atom is -0.443 e. The van der Waals surface area contributed by atoms with Crippen molar-refractivity contribution in [2.45, 2.75) is 32.8 Å². The summed E-state index contributed by atoms with van der Waals surface area (Å²) in [6.07, 6.45) is 1.59. The number of ketones is 1. The Bertz CT molecular complexity index is 570. The second kappa shape index (κ2) is 5.12. The maximum atomic E-state index is 12.3. The molecule has 2 rings (SSSR count). The van der Waals surface area contributed by atoms with Gasteiger partial charge >= 0.3 is 6.09 Å². The number of rotatable bonds is 3. The molecular formula is C16H19NO3. The third-order valence-corrected chi connectivity index (χ3v) is 2.97. The number of amides is 1. The largest absolute Gasteiger partial charge is 0.443 e. The van der Waals surface area contributed by atoms with Crippen LogP contribution in [-0.4, -0.2) is 24.0 Å². The lowest BCUT2D eigenvalue weighted by atomic mass is 9.85. The van der Waals surface area contributed by atoms with Crippen LogP contribution >= 0.6 is 0 Å². The van der Waals surface area contributed by atoms with Crippen LogP contribution in [0.4, 0.5) is 10.5 Å². The van der Waals surface area contributed by atoms with Crippen LogP contribution in [0.15, 0.2) is 30.9 Å². The van der Waals surface area contributed by atoms with E-state index in [0.29, 0.717) is 24.2 Å². The number of hydrogen-bond donors (Lipinski definition) is 0. The van der Waals surface area contributed by atoms with Gasteiger partial charge in [0.05, 0.1) is 5.69 Å². The molecule has 0 saturated heterocycles. The zero-order valence-electron chi connectivity index (χ0n) is 12.1. The first-order valence-corrected chi connectivity index (χ1v) is 6.60. The molecule has 4 heteroatoms. The molecule has 4 nitrogen and oxygen atoms in total. The van der Waals surface area contributed by atoms with Gasteiger partial charge in [0.2, 0.25) is 0 Å². The molecule has 0 aromatic heterocycles. The number of fused-ring (bicyclic) bond motifs is 1. The van der Waals surface area contributed by atoms with E-state index in [2.05, 4.69) is 6.58 Å². The van der Waals surface area contributed by atoms with E-state index < -0.39 is 11.7 Å². The normalized spacial score (nSPS) is 13.2. The highest BCUT2D eigenvalue weighted by atomic mass is 16.6. The number of ether oxygens (including phenoxy) is 1. The number of nitrogens with zero attached hydrogens (tertiary/aromatic N) is 1. The van der Waals surface area contributed by atoms with Gasteiger partial charge in [0.25, 0.3) is 0 Å². The Morgan fingerprint density at radius 2 is 2.15 bits per heavy atom. The van der Waals surface area contributed by atoms with Gasteiger partial charge < -0.3 is 4.74 Å². The number of anilines is 1. The molecule has 0 spiro atoms. The van der Waals surface area contributed by atoms with E-state index >= 15 is 0 Å². The minimum atomic E-state index is -0.581. The highest BCUT2D eigenvalue weighted by Crippen LogP contribution is 2.33.